The van der Waals surface area contributed by atoms with Crippen LogP contribution < -0.4 is 5.32 Å². The number of thioether (sulfide) groups is 1. The molecule has 2 rings (SSSR count). The zero-order valence-electron chi connectivity index (χ0n) is 10.3. The zero-order valence-corrected chi connectivity index (χ0v) is 11.1. The lowest BCUT2D eigenvalue weighted by Crippen LogP contribution is -2.47. The first-order chi connectivity index (χ1) is 8.47. The predicted molar refractivity (Wildman–Crippen MR) is 67.6 cm³/mol. The molecule has 0 aromatic carbocycles. The van der Waals surface area contributed by atoms with Gasteiger partial charge < -0.3 is 20.4 Å². The van der Waals surface area contributed by atoms with Gasteiger partial charge in [0.25, 0.3) is 0 Å². The van der Waals surface area contributed by atoms with Crippen LogP contribution in [0, 0.1) is 0 Å². The number of amides is 2. The van der Waals surface area contributed by atoms with Gasteiger partial charge in [0.2, 0.25) is 0 Å². The maximum Gasteiger partial charge on any atom is 0.326 e. The number of aliphatic hydroxyl groups is 1. The van der Waals surface area contributed by atoms with Crippen LogP contribution in [-0.4, -0.2) is 63.4 Å². The number of carboxylic acid groups (broad SMARTS) is 1. The summed E-state index contributed by atoms with van der Waals surface area (Å²) < 4.78 is 0.146. The Kier molecular flexibility index (Phi) is 3.72. The molecule has 7 heteroatoms. The van der Waals surface area contributed by atoms with E-state index in [1.807, 2.05) is 6.26 Å². The molecule has 0 bridgehead atoms. The first kappa shape index (κ1) is 13.5. The van der Waals surface area contributed by atoms with E-state index in [-0.39, 0.29) is 23.7 Å². The summed E-state index contributed by atoms with van der Waals surface area (Å²) in [5.74, 6) is -1.06. The number of aliphatic carboxylic acids is 1. The number of hydrogen-bond donors (Lipinski definition) is 3. The molecule has 0 spiro atoms. The van der Waals surface area contributed by atoms with Gasteiger partial charge in [-0.15, -0.1) is 0 Å². The highest BCUT2D eigenvalue weighted by molar-refractivity contribution is 8.00. The fraction of sp³-hybridized carbons (Fsp3) is 0.818. The van der Waals surface area contributed by atoms with E-state index in [0.717, 1.165) is 12.8 Å². The van der Waals surface area contributed by atoms with Crippen LogP contribution in [0.1, 0.15) is 19.3 Å². The van der Waals surface area contributed by atoms with E-state index < -0.39 is 18.1 Å². The highest BCUT2D eigenvalue weighted by Gasteiger charge is 2.44. The second-order valence-corrected chi connectivity index (χ2v) is 6.22. The van der Waals surface area contributed by atoms with Crippen molar-refractivity contribution in [1.29, 1.82) is 0 Å². The molecule has 0 aromatic rings. The summed E-state index contributed by atoms with van der Waals surface area (Å²) in [6.07, 6.45) is 3.54. The van der Waals surface area contributed by atoms with E-state index in [4.69, 9.17) is 5.11 Å². The Bertz CT molecular complexity index is 359. The molecule has 0 radical (unpaired) electrons. The van der Waals surface area contributed by atoms with Crippen LogP contribution in [0.25, 0.3) is 0 Å². The number of nitrogens with one attached hydrogen (secondary N) is 1. The van der Waals surface area contributed by atoms with Crippen LogP contribution in [0.15, 0.2) is 0 Å². The number of nitrogens with zero attached hydrogens (tertiary/aromatic N) is 1. The average Bonchev–Trinajstić information content (AvgIpc) is 3.01. The van der Waals surface area contributed by atoms with Gasteiger partial charge >= 0.3 is 12.0 Å². The number of β-amino-alcohol motifs (C(OH)–C–C–N with tert-alkyl or cyclic N) is 1. The molecule has 3 N–H and O–H groups in total. The van der Waals surface area contributed by atoms with E-state index >= 15 is 0 Å². The number of carboxylic acids is 1. The first-order valence-corrected chi connectivity index (χ1v) is 7.20. The van der Waals surface area contributed by atoms with Crippen molar-refractivity contribution in [2.75, 3.05) is 19.3 Å². The van der Waals surface area contributed by atoms with Crippen molar-refractivity contribution >= 4 is 23.8 Å². The lowest BCUT2D eigenvalue weighted by atomic mass is 10.2. The molecule has 2 amide bonds. The minimum atomic E-state index is -1.06. The highest BCUT2D eigenvalue weighted by Crippen LogP contribution is 2.46. The Morgan fingerprint density at radius 1 is 1.50 bits per heavy atom. The summed E-state index contributed by atoms with van der Waals surface area (Å²) in [7, 11) is 0. The second kappa shape index (κ2) is 4.97. The molecule has 2 fully saturated rings. The molecule has 6 nitrogen and oxygen atoms in total. The van der Waals surface area contributed by atoms with Crippen molar-refractivity contribution in [3.8, 4) is 0 Å². The minimum Gasteiger partial charge on any atom is -0.480 e. The number of likely N-dealkylation sites (tertiary alicyclic amines) is 1. The first-order valence-electron chi connectivity index (χ1n) is 5.98. The van der Waals surface area contributed by atoms with Crippen LogP contribution in [0.4, 0.5) is 4.79 Å². The fourth-order valence-electron chi connectivity index (χ4n) is 2.20. The third-order valence-electron chi connectivity index (χ3n) is 3.63. The number of aliphatic hydroxyl groups excluding tert-OH is 1. The molecular formula is C11H18N2O4S. The Morgan fingerprint density at radius 2 is 2.17 bits per heavy atom. The Morgan fingerprint density at radius 3 is 2.67 bits per heavy atom. The van der Waals surface area contributed by atoms with Crippen LogP contribution in [-0.2, 0) is 4.79 Å². The van der Waals surface area contributed by atoms with Crippen LogP contribution in [0.3, 0.4) is 0 Å². The van der Waals surface area contributed by atoms with Crippen molar-refractivity contribution in [3.05, 3.63) is 0 Å². The van der Waals surface area contributed by atoms with Gasteiger partial charge in [-0.25, -0.2) is 9.59 Å². The standard InChI is InChI=1S/C11H18N2O4S/c1-18-11(2-3-11)6-12-10(17)13-5-7(14)4-8(13)9(15)16/h7-8,14H,2-6H2,1H3,(H,12,17)(H,15,16)/t7?,8-/m0/s1. The van der Waals surface area contributed by atoms with Crippen molar-refractivity contribution < 1.29 is 19.8 Å². The number of carbonyl (C=O) groups is 2. The summed E-state index contributed by atoms with van der Waals surface area (Å²) in [6, 6.07) is -1.30. The van der Waals surface area contributed by atoms with E-state index in [1.54, 1.807) is 11.8 Å². The number of rotatable bonds is 4. The second-order valence-electron chi connectivity index (χ2n) is 4.94. The monoisotopic (exact) mass is 274 g/mol. The van der Waals surface area contributed by atoms with Crippen molar-refractivity contribution in [3.63, 3.8) is 0 Å². The van der Waals surface area contributed by atoms with Crippen molar-refractivity contribution in [2.24, 2.45) is 0 Å². The smallest absolute Gasteiger partial charge is 0.326 e. The van der Waals surface area contributed by atoms with Gasteiger partial charge in [-0.2, -0.15) is 11.8 Å². The minimum absolute atomic E-state index is 0.0923. The van der Waals surface area contributed by atoms with Crippen molar-refractivity contribution in [1.82, 2.24) is 10.2 Å². The highest BCUT2D eigenvalue weighted by atomic mass is 32.2. The van der Waals surface area contributed by atoms with Gasteiger partial charge in [0, 0.05) is 24.3 Å². The average molecular weight is 274 g/mol. The largest absolute Gasteiger partial charge is 0.480 e. The predicted octanol–water partition coefficient (Wildman–Crippen LogP) is 0.111. The maximum atomic E-state index is 11.9. The van der Waals surface area contributed by atoms with Gasteiger partial charge in [0.05, 0.1) is 6.10 Å². The van der Waals surface area contributed by atoms with E-state index in [0.29, 0.717) is 6.54 Å². The number of urea groups is 1. The Hall–Kier alpha value is -0.950. The lowest BCUT2D eigenvalue weighted by Gasteiger charge is -2.23. The van der Waals surface area contributed by atoms with Gasteiger partial charge in [-0.3, -0.25) is 0 Å². The molecule has 1 heterocycles. The molecule has 1 unspecified atom stereocenters. The van der Waals surface area contributed by atoms with Gasteiger partial charge in [0.1, 0.15) is 6.04 Å². The van der Waals surface area contributed by atoms with Crippen LogP contribution >= 0.6 is 11.8 Å². The van der Waals surface area contributed by atoms with E-state index in [1.165, 1.54) is 4.90 Å². The Balaban J connectivity index is 1.89. The topological polar surface area (TPSA) is 89.9 Å². The SMILES string of the molecule is CSC1(CNC(=O)N2CC(O)C[C@H]2C(=O)O)CC1. The normalized spacial score (nSPS) is 29.1. The molecule has 0 aromatic heterocycles. The fourth-order valence-corrected chi connectivity index (χ4v) is 2.93. The quantitative estimate of drug-likeness (QED) is 0.677. The third kappa shape index (κ3) is 2.72. The molecule has 1 saturated heterocycles. The van der Waals surface area contributed by atoms with Crippen molar-refractivity contribution in [2.45, 2.75) is 36.2 Å². The summed E-state index contributed by atoms with van der Waals surface area (Å²) in [5.41, 5.74) is 0. The molecule has 2 aliphatic rings. The Labute approximate surface area is 110 Å². The molecule has 18 heavy (non-hydrogen) atoms. The number of carbonyl (C=O) groups excluding carboxylic acids is 1. The summed E-state index contributed by atoms with van der Waals surface area (Å²) in [5, 5.41) is 21.2. The molecule has 1 aliphatic heterocycles. The summed E-state index contributed by atoms with van der Waals surface area (Å²) in [6.45, 7) is 0.654. The third-order valence-corrected chi connectivity index (χ3v) is 5.05. The molecular weight excluding hydrogens is 256 g/mol. The summed E-state index contributed by atoms with van der Waals surface area (Å²) in [4.78, 5) is 24.1. The van der Waals surface area contributed by atoms with Crippen LogP contribution in [0.2, 0.25) is 0 Å². The molecule has 102 valence electrons. The summed E-state index contributed by atoms with van der Waals surface area (Å²) >= 11 is 1.73. The molecule has 2 atom stereocenters. The van der Waals surface area contributed by atoms with E-state index in [9.17, 15) is 14.7 Å². The molecule has 1 saturated carbocycles. The number of hydrogen-bond acceptors (Lipinski definition) is 4. The van der Waals surface area contributed by atoms with E-state index in [2.05, 4.69) is 5.32 Å². The maximum absolute atomic E-state index is 11.9. The zero-order chi connectivity index (χ0) is 13.3. The van der Waals surface area contributed by atoms with Gasteiger partial charge in [-0.05, 0) is 19.1 Å². The van der Waals surface area contributed by atoms with Crippen LogP contribution in [0.5, 0.6) is 0 Å². The van der Waals surface area contributed by atoms with Gasteiger partial charge in [-0.1, -0.05) is 0 Å². The molecule has 1 aliphatic carbocycles. The lowest BCUT2D eigenvalue weighted by molar-refractivity contribution is -0.141. The van der Waals surface area contributed by atoms with Gasteiger partial charge in [0.15, 0.2) is 0 Å².